The Morgan fingerprint density at radius 2 is 1.78 bits per heavy atom. The molecule has 1 fully saturated rings. The van der Waals surface area contributed by atoms with Crippen LogP contribution in [0.3, 0.4) is 0 Å². The van der Waals surface area contributed by atoms with E-state index in [4.69, 9.17) is 5.11 Å². The molecule has 0 heterocycles. The summed E-state index contributed by atoms with van der Waals surface area (Å²) >= 11 is 0. The van der Waals surface area contributed by atoms with Crippen LogP contribution >= 0.6 is 0 Å². The van der Waals surface area contributed by atoms with Crippen molar-refractivity contribution in [3.8, 4) is 0 Å². The minimum atomic E-state index is -0.961. The van der Waals surface area contributed by atoms with Gasteiger partial charge in [0, 0.05) is 24.7 Å². The Morgan fingerprint density at radius 1 is 1.15 bits per heavy atom. The highest BCUT2D eigenvalue weighted by molar-refractivity contribution is 5.84. The maximum atomic E-state index is 12.1. The van der Waals surface area contributed by atoms with Crippen molar-refractivity contribution in [2.24, 2.45) is 11.8 Å². The van der Waals surface area contributed by atoms with Crippen molar-refractivity contribution >= 4 is 11.8 Å². The maximum Gasteiger partial charge on any atom is 0.303 e. The highest BCUT2D eigenvalue weighted by atomic mass is 16.4. The van der Waals surface area contributed by atoms with E-state index >= 15 is 0 Å². The molecule has 1 rings (SSSR count). The van der Waals surface area contributed by atoms with E-state index in [0.29, 0.717) is 6.42 Å². The van der Waals surface area contributed by atoms with Crippen LogP contribution in [0, 0.1) is 11.8 Å². The van der Waals surface area contributed by atoms with Crippen molar-refractivity contribution in [1.29, 1.82) is 0 Å². The molecule has 27 heavy (non-hydrogen) atoms. The number of carbonyl (C=O) groups excluding carboxylic acids is 1. The van der Waals surface area contributed by atoms with Crippen LogP contribution in [-0.4, -0.2) is 39.3 Å². The van der Waals surface area contributed by atoms with Crippen LogP contribution in [0.2, 0.25) is 0 Å². The van der Waals surface area contributed by atoms with E-state index in [-0.39, 0.29) is 36.9 Å². The van der Waals surface area contributed by atoms with Crippen molar-refractivity contribution in [3.63, 3.8) is 0 Å². The fraction of sp³-hybridized carbons (Fsp3) is 0.545. The number of carbonyl (C=O) groups is 2. The van der Waals surface area contributed by atoms with Crippen LogP contribution in [-0.2, 0) is 9.59 Å². The molecule has 0 saturated heterocycles. The van der Waals surface area contributed by atoms with Gasteiger partial charge < -0.3 is 15.3 Å². The van der Waals surface area contributed by atoms with Crippen LogP contribution in [0.4, 0.5) is 0 Å². The summed E-state index contributed by atoms with van der Waals surface area (Å²) in [5.74, 6) is -1.56. The third kappa shape index (κ3) is 9.50. The zero-order chi connectivity index (χ0) is 20.1. The van der Waals surface area contributed by atoms with E-state index in [2.05, 4.69) is 31.2 Å². The lowest BCUT2D eigenvalue weighted by molar-refractivity contribution is -0.137. The number of aliphatic hydroxyl groups excluding tert-OH is 2. The summed E-state index contributed by atoms with van der Waals surface area (Å²) < 4.78 is 0. The second kappa shape index (κ2) is 13.2. The molecule has 4 atom stereocenters. The van der Waals surface area contributed by atoms with Gasteiger partial charge in [0.05, 0.1) is 12.2 Å². The standard InChI is InChI=1S/C22H32O5/c1-2-3-4-5-6-7-8-9-10-11-18-19(21(25)16-20(18)24)14-12-17(23)13-15-22(26)27/h3-4,6-7,9-10,12,14,17-19,21,23,25H,2,5,8,11,13,15-16H2,1H3,(H,26,27)/b4-3-,7-6-,10-9-,14-12+/t17-,18-,19-,21-/m1/s1. The number of hydrogen-bond acceptors (Lipinski definition) is 4. The summed E-state index contributed by atoms with van der Waals surface area (Å²) in [6.45, 7) is 2.10. The van der Waals surface area contributed by atoms with Gasteiger partial charge in [-0.1, -0.05) is 55.5 Å². The third-order valence-electron chi connectivity index (χ3n) is 4.61. The molecule has 1 aliphatic carbocycles. The van der Waals surface area contributed by atoms with Gasteiger partial charge in [0.15, 0.2) is 0 Å². The largest absolute Gasteiger partial charge is 0.481 e. The highest BCUT2D eigenvalue weighted by Gasteiger charge is 2.39. The average molecular weight is 376 g/mol. The summed E-state index contributed by atoms with van der Waals surface area (Å²) in [5, 5.41) is 28.6. The van der Waals surface area contributed by atoms with Crippen LogP contribution in [0.5, 0.6) is 0 Å². The second-order valence-electron chi connectivity index (χ2n) is 6.84. The number of Topliss-reactive ketones (excluding diaryl/α,β-unsaturated/α-hetero) is 1. The van der Waals surface area contributed by atoms with E-state index in [1.165, 1.54) is 6.08 Å². The van der Waals surface area contributed by atoms with Gasteiger partial charge in [0.25, 0.3) is 0 Å². The van der Waals surface area contributed by atoms with Gasteiger partial charge >= 0.3 is 5.97 Å². The molecule has 0 unspecified atom stereocenters. The lowest BCUT2D eigenvalue weighted by Gasteiger charge is -2.16. The molecule has 150 valence electrons. The fourth-order valence-corrected chi connectivity index (χ4v) is 3.10. The Hall–Kier alpha value is -1.98. The van der Waals surface area contributed by atoms with Gasteiger partial charge in [-0.2, -0.15) is 0 Å². The molecule has 0 bridgehead atoms. The number of ketones is 1. The van der Waals surface area contributed by atoms with Gasteiger partial charge in [-0.3, -0.25) is 9.59 Å². The van der Waals surface area contributed by atoms with Crippen molar-refractivity contribution in [2.75, 3.05) is 0 Å². The summed E-state index contributed by atoms with van der Waals surface area (Å²) in [5.41, 5.74) is 0. The molecule has 0 amide bonds. The number of hydrogen-bond donors (Lipinski definition) is 3. The first kappa shape index (κ1) is 23.1. The van der Waals surface area contributed by atoms with Crippen molar-refractivity contribution < 1.29 is 24.9 Å². The lowest BCUT2D eigenvalue weighted by atomic mass is 9.90. The minimum Gasteiger partial charge on any atom is -0.481 e. The molecule has 3 N–H and O–H groups in total. The zero-order valence-electron chi connectivity index (χ0n) is 16.0. The predicted molar refractivity (Wildman–Crippen MR) is 106 cm³/mol. The lowest BCUT2D eigenvalue weighted by Crippen LogP contribution is -2.19. The van der Waals surface area contributed by atoms with Crippen LogP contribution in [0.25, 0.3) is 0 Å². The Bertz CT molecular complexity index is 573. The molecular weight excluding hydrogens is 344 g/mol. The molecule has 1 saturated carbocycles. The van der Waals surface area contributed by atoms with E-state index in [9.17, 15) is 19.8 Å². The molecule has 0 aromatic heterocycles. The zero-order valence-corrected chi connectivity index (χ0v) is 16.0. The smallest absolute Gasteiger partial charge is 0.303 e. The number of carboxylic acid groups (broad SMARTS) is 1. The van der Waals surface area contributed by atoms with Crippen LogP contribution in [0.1, 0.15) is 51.9 Å². The summed E-state index contributed by atoms with van der Waals surface area (Å²) in [7, 11) is 0. The fourth-order valence-electron chi connectivity index (χ4n) is 3.10. The number of rotatable bonds is 12. The molecule has 0 aromatic rings. The summed E-state index contributed by atoms with van der Waals surface area (Å²) in [6, 6.07) is 0. The predicted octanol–water partition coefficient (Wildman–Crippen LogP) is 3.58. The number of aliphatic hydroxyl groups is 2. The molecular formula is C22H32O5. The molecule has 5 nitrogen and oxygen atoms in total. The third-order valence-corrected chi connectivity index (χ3v) is 4.61. The highest BCUT2D eigenvalue weighted by Crippen LogP contribution is 2.33. The van der Waals surface area contributed by atoms with Crippen molar-refractivity contribution in [1.82, 2.24) is 0 Å². The van der Waals surface area contributed by atoms with Gasteiger partial charge in [-0.15, -0.1) is 0 Å². The molecule has 0 radical (unpaired) electrons. The second-order valence-corrected chi connectivity index (χ2v) is 6.84. The normalized spacial score (nSPS) is 24.9. The van der Waals surface area contributed by atoms with Gasteiger partial charge in [-0.05, 0) is 32.1 Å². The first-order chi connectivity index (χ1) is 13.0. The Kier molecular flexibility index (Phi) is 11.3. The van der Waals surface area contributed by atoms with E-state index in [1.807, 2.05) is 12.2 Å². The minimum absolute atomic E-state index is 0.0297. The first-order valence-corrected chi connectivity index (χ1v) is 9.69. The molecule has 0 spiro atoms. The molecule has 1 aliphatic rings. The Balaban J connectivity index is 2.48. The first-order valence-electron chi connectivity index (χ1n) is 9.69. The SMILES string of the molecule is CC/C=C\C/C=C\C/C=C\C[C@H]1C(=O)C[C@@H](O)[C@@H]1/C=C/[C@@H](O)CCC(=O)O. The Morgan fingerprint density at radius 3 is 2.41 bits per heavy atom. The van der Waals surface area contributed by atoms with Crippen molar-refractivity contribution in [3.05, 3.63) is 48.6 Å². The van der Waals surface area contributed by atoms with Crippen LogP contribution < -0.4 is 0 Å². The molecule has 0 aromatic carbocycles. The number of carboxylic acids is 1. The van der Waals surface area contributed by atoms with Gasteiger partial charge in [0.2, 0.25) is 0 Å². The molecule has 5 heteroatoms. The summed E-state index contributed by atoms with van der Waals surface area (Å²) in [4.78, 5) is 22.7. The quantitative estimate of drug-likeness (QED) is 0.453. The average Bonchev–Trinajstić information content (AvgIpc) is 2.89. The number of aliphatic carboxylic acids is 1. The van der Waals surface area contributed by atoms with E-state index in [0.717, 1.165) is 19.3 Å². The van der Waals surface area contributed by atoms with E-state index in [1.54, 1.807) is 6.08 Å². The monoisotopic (exact) mass is 376 g/mol. The topological polar surface area (TPSA) is 94.8 Å². The number of allylic oxidation sites excluding steroid dienone is 6. The summed E-state index contributed by atoms with van der Waals surface area (Å²) in [6.07, 6.45) is 17.4. The maximum absolute atomic E-state index is 12.1. The Labute approximate surface area is 161 Å². The van der Waals surface area contributed by atoms with Crippen LogP contribution in [0.15, 0.2) is 48.6 Å². The molecule has 0 aliphatic heterocycles. The van der Waals surface area contributed by atoms with Gasteiger partial charge in [0.1, 0.15) is 5.78 Å². The van der Waals surface area contributed by atoms with Crippen molar-refractivity contribution in [2.45, 2.75) is 64.1 Å². The van der Waals surface area contributed by atoms with Gasteiger partial charge in [-0.25, -0.2) is 0 Å². The van der Waals surface area contributed by atoms with E-state index < -0.39 is 18.2 Å².